The molecule has 0 heterocycles. The van der Waals surface area contributed by atoms with Gasteiger partial charge in [0, 0.05) is 11.6 Å². The van der Waals surface area contributed by atoms with E-state index in [4.69, 9.17) is 19.9 Å². The molecular weight excluding hydrogens is 260 g/mol. The highest BCUT2D eigenvalue weighted by molar-refractivity contribution is 5.82. The van der Waals surface area contributed by atoms with E-state index < -0.39 is 11.9 Å². The number of primary amides is 1. The first-order chi connectivity index (χ1) is 9.58. The van der Waals surface area contributed by atoms with E-state index in [0.29, 0.717) is 29.4 Å². The van der Waals surface area contributed by atoms with Gasteiger partial charge in [0.15, 0.2) is 11.5 Å². The summed E-state index contributed by atoms with van der Waals surface area (Å²) in [5.74, 6) is 1.11. The third-order valence-electron chi connectivity index (χ3n) is 2.93. The van der Waals surface area contributed by atoms with E-state index in [9.17, 15) is 4.79 Å². The fraction of sp³-hybridized carbons (Fsp3) is 0.500. The summed E-state index contributed by atoms with van der Waals surface area (Å²) in [5, 5.41) is 3.10. The number of carbonyl (C=O) groups excluding carboxylic acids is 1. The molecule has 3 N–H and O–H groups in total. The Balaban J connectivity index is 3.27. The molecule has 6 heteroatoms. The van der Waals surface area contributed by atoms with Crippen molar-refractivity contribution >= 4 is 5.91 Å². The first kappa shape index (κ1) is 16.1. The SMILES string of the molecule is CCCNC(C(N)=O)c1cc(OC)c(OC)cc1OC. The number of hydrogen-bond acceptors (Lipinski definition) is 5. The molecule has 0 saturated carbocycles. The topological polar surface area (TPSA) is 82.8 Å². The van der Waals surface area contributed by atoms with Crippen LogP contribution >= 0.6 is 0 Å². The van der Waals surface area contributed by atoms with Gasteiger partial charge in [-0.25, -0.2) is 0 Å². The normalized spacial score (nSPS) is 11.8. The van der Waals surface area contributed by atoms with E-state index >= 15 is 0 Å². The van der Waals surface area contributed by atoms with Crippen LogP contribution in [-0.4, -0.2) is 33.8 Å². The Bertz CT molecular complexity index is 463. The van der Waals surface area contributed by atoms with Crippen molar-refractivity contribution in [3.8, 4) is 17.2 Å². The zero-order valence-electron chi connectivity index (χ0n) is 12.4. The zero-order valence-corrected chi connectivity index (χ0v) is 12.4. The number of amides is 1. The van der Waals surface area contributed by atoms with Crippen molar-refractivity contribution in [1.29, 1.82) is 0 Å². The Morgan fingerprint density at radius 3 is 2.15 bits per heavy atom. The van der Waals surface area contributed by atoms with Gasteiger partial charge in [0.1, 0.15) is 11.8 Å². The van der Waals surface area contributed by atoms with Crippen LogP contribution in [0.2, 0.25) is 0 Å². The van der Waals surface area contributed by atoms with Crippen LogP contribution in [0.1, 0.15) is 24.9 Å². The lowest BCUT2D eigenvalue weighted by Crippen LogP contribution is -2.34. The minimum absolute atomic E-state index is 0.469. The van der Waals surface area contributed by atoms with Crippen LogP contribution < -0.4 is 25.3 Å². The van der Waals surface area contributed by atoms with Crippen molar-refractivity contribution in [3.05, 3.63) is 17.7 Å². The molecule has 0 aliphatic rings. The maximum Gasteiger partial charge on any atom is 0.239 e. The van der Waals surface area contributed by atoms with Gasteiger partial charge in [-0.15, -0.1) is 0 Å². The van der Waals surface area contributed by atoms with E-state index in [2.05, 4.69) is 5.32 Å². The summed E-state index contributed by atoms with van der Waals surface area (Å²) in [7, 11) is 4.60. The number of hydrogen-bond donors (Lipinski definition) is 2. The summed E-state index contributed by atoms with van der Waals surface area (Å²) in [6, 6.07) is 2.75. The molecule has 0 aromatic heterocycles. The Labute approximate surface area is 119 Å². The van der Waals surface area contributed by atoms with Gasteiger partial charge in [-0.3, -0.25) is 4.79 Å². The number of ether oxygens (including phenoxy) is 3. The predicted molar refractivity (Wildman–Crippen MR) is 76.3 cm³/mol. The number of nitrogens with one attached hydrogen (secondary N) is 1. The molecule has 112 valence electrons. The summed E-state index contributed by atoms with van der Waals surface area (Å²) < 4.78 is 15.8. The van der Waals surface area contributed by atoms with Crippen LogP contribution in [-0.2, 0) is 4.79 Å². The molecule has 0 aliphatic heterocycles. The average Bonchev–Trinajstić information content (AvgIpc) is 2.46. The Morgan fingerprint density at radius 1 is 1.15 bits per heavy atom. The van der Waals surface area contributed by atoms with Crippen molar-refractivity contribution in [2.24, 2.45) is 5.73 Å². The maximum absolute atomic E-state index is 11.7. The fourth-order valence-electron chi connectivity index (χ4n) is 1.93. The Morgan fingerprint density at radius 2 is 1.70 bits per heavy atom. The monoisotopic (exact) mass is 282 g/mol. The summed E-state index contributed by atoms with van der Waals surface area (Å²) in [5.41, 5.74) is 6.10. The van der Waals surface area contributed by atoms with Crippen molar-refractivity contribution in [2.45, 2.75) is 19.4 Å². The molecule has 1 aromatic rings. The first-order valence-electron chi connectivity index (χ1n) is 6.41. The average molecular weight is 282 g/mol. The molecule has 0 aliphatic carbocycles. The van der Waals surface area contributed by atoms with Gasteiger partial charge in [-0.05, 0) is 19.0 Å². The van der Waals surface area contributed by atoms with Crippen LogP contribution in [0.4, 0.5) is 0 Å². The lowest BCUT2D eigenvalue weighted by atomic mass is 10.0. The molecule has 1 aromatic carbocycles. The van der Waals surface area contributed by atoms with Crippen LogP contribution in [0.5, 0.6) is 17.2 Å². The largest absolute Gasteiger partial charge is 0.496 e. The summed E-state index contributed by atoms with van der Waals surface area (Å²) >= 11 is 0. The fourth-order valence-corrected chi connectivity index (χ4v) is 1.93. The number of benzene rings is 1. The van der Waals surface area contributed by atoms with Crippen molar-refractivity contribution < 1.29 is 19.0 Å². The number of carbonyl (C=O) groups is 1. The van der Waals surface area contributed by atoms with E-state index in [1.54, 1.807) is 12.1 Å². The van der Waals surface area contributed by atoms with Crippen LogP contribution in [0, 0.1) is 0 Å². The summed E-state index contributed by atoms with van der Waals surface area (Å²) in [6.45, 7) is 2.68. The third kappa shape index (κ3) is 3.54. The molecule has 0 bridgehead atoms. The van der Waals surface area contributed by atoms with Gasteiger partial charge in [0.25, 0.3) is 0 Å². The molecule has 1 unspecified atom stereocenters. The molecule has 0 spiro atoms. The predicted octanol–water partition coefficient (Wildman–Crippen LogP) is 1.24. The van der Waals surface area contributed by atoms with Gasteiger partial charge >= 0.3 is 0 Å². The second-order valence-electron chi connectivity index (χ2n) is 4.24. The molecular formula is C14H22N2O4. The molecule has 6 nitrogen and oxygen atoms in total. The third-order valence-corrected chi connectivity index (χ3v) is 2.93. The number of nitrogens with two attached hydrogens (primary N) is 1. The summed E-state index contributed by atoms with van der Waals surface area (Å²) in [6.07, 6.45) is 0.888. The van der Waals surface area contributed by atoms with Crippen LogP contribution in [0.25, 0.3) is 0 Å². The minimum atomic E-state index is -0.635. The molecule has 1 atom stereocenters. The van der Waals surface area contributed by atoms with E-state index in [-0.39, 0.29) is 0 Å². The highest BCUT2D eigenvalue weighted by atomic mass is 16.5. The Hall–Kier alpha value is -1.95. The van der Waals surface area contributed by atoms with E-state index in [0.717, 1.165) is 6.42 Å². The highest BCUT2D eigenvalue weighted by Gasteiger charge is 2.23. The van der Waals surface area contributed by atoms with Gasteiger partial charge < -0.3 is 25.3 Å². The van der Waals surface area contributed by atoms with Crippen molar-refractivity contribution in [3.63, 3.8) is 0 Å². The Kier molecular flexibility index (Phi) is 6.11. The first-order valence-corrected chi connectivity index (χ1v) is 6.41. The maximum atomic E-state index is 11.7. The minimum Gasteiger partial charge on any atom is -0.496 e. The van der Waals surface area contributed by atoms with Crippen molar-refractivity contribution in [1.82, 2.24) is 5.32 Å². The summed E-state index contributed by atoms with van der Waals surface area (Å²) in [4.78, 5) is 11.7. The second kappa shape index (κ2) is 7.59. The molecule has 0 saturated heterocycles. The molecule has 20 heavy (non-hydrogen) atoms. The number of methoxy groups -OCH3 is 3. The van der Waals surface area contributed by atoms with Crippen molar-refractivity contribution in [2.75, 3.05) is 27.9 Å². The molecule has 1 amide bonds. The van der Waals surface area contributed by atoms with E-state index in [1.165, 1.54) is 21.3 Å². The van der Waals surface area contributed by atoms with Crippen LogP contribution in [0.3, 0.4) is 0 Å². The van der Waals surface area contributed by atoms with Crippen LogP contribution in [0.15, 0.2) is 12.1 Å². The van der Waals surface area contributed by atoms with Gasteiger partial charge in [-0.2, -0.15) is 0 Å². The standard InChI is InChI=1S/C14H22N2O4/c1-5-6-16-13(14(15)17)9-7-11(19-3)12(20-4)8-10(9)18-2/h7-8,13,16H,5-6H2,1-4H3,(H2,15,17). The lowest BCUT2D eigenvalue weighted by molar-refractivity contribution is -0.120. The molecule has 0 fully saturated rings. The second-order valence-corrected chi connectivity index (χ2v) is 4.24. The van der Waals surface area contributed by atoms with E-state index in [1.807, 2.05) is 6.92 Å². The van der Waals surface area contributed by atoms with Gasteiger partial charge in [0.05, 0.1) is 21.3 Å². The smallest absolute Gasteiger partial charge is 0.239 e. The molecule has 1 rings (SSSR count). The quantitative estimate of drug-likeness (QED) is 0.749. The van der Waals surface area contributed by atoms with Gasteiger partial charge in [-0.1, -0.05) is 6.92 Å². The van der Waals surface area contributed by atoms with Gasteiger partial charge in [0.2, 0.25) is 5.91 Å². The highest BCUT2D eigenvalue weighted by Crippen LogP contribution is 2.37. The molecule has 0 radical (unpaired) electrons. The lowest BCUT2D eigenvalue weighted by Gasteiger charge is -2.20. The number of rotatable bonds is 8. The zero-order chi connectivity index (χ0) is 15.1.